The number of amides is 2. The number of carbonyl (C=O) groups excluding carboxylic acids is 2. The lowest BCUT2D eigenvalue weighted by atomic mass is 10.0. The Hall–Kier alpha value is -2.56. The van der Waals surface area contributed by atoms with Gasteiger partial charge in [-0.05, 0) is 11.3 Å². The molecule has 2 aliphatic rings. The van der Waals surface area contributed by atoms with Crippen LogP contribution < -0.4 is 11.2 Å². The van der Waals surface area contributed by atoms with Crippen LogP contribution in [-0.4, -0.2) is 60.1 Å². The van der Waals surface area contributed by atoms with Gasteiger partial charge in [0.2, 0.25) is 5.91 Å². The van der Waals surface area contributed by atoms with E-state index in [2.05, 4.69) is 15.6 Å². The number of hydrogen-bond donors (Lipinski definition) is 3. The summed E-state index contributed by atoms with van der Waals surface area (Å²) in [6.45, 7) is 0. The van der Waals surface area contributed by atoms with Gasteiger partial charge in [0.1, 0.15) is 17.1 Å². The summed E-state index contributed by atoms with van der Waals surface area (Å²) < 4.78 is 0. The quantitative estimate of drug-likeness (QED) is 0.422. The molecule has 2 amide bonds. The molecule has 11 heteroatoms. The second-order valence-corrected chi connectivity index (χ2v) is 5.89. The van der Waals surface area contributed by atoms with Crippen molar-refractivity contribution in [2.24, 2.45) is 0 Å². The number of carboxylic acid groups (broad SMARTS) is 1. The highest BCUT2D eigenvalue weighted by molar-refractivity contribution is 8.00. The van der Waals surface area contributed by atoms with Gasteiger partial charge in [0.25, 0.3) is 5.91 Å². The Morgan fingerprint density at radius 3 is 2.95 bits per heavy atom. The van der Waals surface area contributed by atoms with Gasteiger partial charge in [0.15, 0.2) is 0 Å². The fourth-order valence-corrected chi connectivity index (χ4v) is 3.52. The zero-order chi connectivity index (χ0) is 15.9. The van der Waals surface area contributed by atoms with Crippen LogP contribution in [0.5, 0.6) is 0 Å². The summed E-state index contributed by atoms with van der Waals surface area (Å²) in [6, 6.07) is -0.728. The summed E-state index contributed by atoms with van der Waals surface area (Å²) in [4.78, 5) is 37.2. The number of rotatable bonds is 4. The van der Waals surface area contributed by atoms with Gasteiger partial charge in [0, 0.05) is 5.75 Å². The number of fused-ring (bicyclic) bond motifs is 1. The number of nitrogen functional groups attached to an aromatic ring is 1. The zero-order valence-electron chi connectivity index (χ0n) is 11.2. The highest BCUT2D eigenvalue weighted by Gasteiger charge is 2.52. The summed E-state index contributed by atoms with van der Waals surface area (Å²) in [7, 11) is 0. The highest BCUT2D eigenvalue weighted by atomic mass is 32.2. The topological polar surface area (TPSA) is 143 Å². The number of aromatic nitrogens is 3. The van der Waals surface area contributed by atoms with Crippen molar-refractivity contribution in [1.82, 2.24) is 25.3 Å². The second-order valence-electron chi connectivity index (χ2n) is 4.74. The van der Waals surface area contributed by atoms with Crippen LogP contribution in [0.25, 0.3) is 0 Å². The van der Waals surface area contributed by atoms with E-state index >= 15 is 0 Å². The number of nitrogens with zero attached hydrogens (tertiary/aromatic N) is 4. The molecule has 0 radical (unpaired) electrons. The third-order valence-electron chi connectivity index (χ3n) is 3.28. The van der Waals surface area contributed by atoms with E-state index in [0.29, 0.717) is 11.4 Å². The molecule has 1 aromatic rings. The fourth-order valence-electron chi connectivity index (χ4n) is 2.32. The Morgan fingerprint density at radius 1 is 1.55 bits per heavy atom. The van der Waals surface area contributed by atoms with Crippen molar-refractivity contribution in [3.05, 3.63) is 23.7 Å². The fraction of sp³-hybridized carbons (Fsp3) is 0.364. The lowest BCUT2D eigenvalue weighted by molar-refractivity contribution is -0.150. The maximum absolute atomic E-state index is 12.0. The minimum Gasteiger partial charge on any atom is -0.477 e. The van der Waals surface area contributed by atoms with E-state index in [0.717, 1.165) is 4.79 Å². The van der Waals surface area contributed by atoms with Crippen molar-refractivity contribution in [3.8, 4) is 0 Å². The van der Waals surface area contributed by atoms with Crippen LogP contribution in [0.3, 0.4) is 0 Å². The number of hydrogen-bond acceptors (Lipinski definition) is 7. The maximum atomic E-state index is 12.0. The molecule has 0 aliphatic carbocycles. The normalized spacial score (nSPS) is 23.4. The Kier molecular flexibility index (Phi) is 3.48. The van der Waals surface area contributed by atoms with Gasteiger partial charge < -0.3 is 16.3 Å². The third-order valence-corrected chi connectivity index (χ3v) is 4.46. The van der Waals surface area contributed by atoms with Crippen molar-refractivity contribution in [2.45, 2.75) is 17.8 Å². The number of carboxylic acids is 1. The number of β-lactam (4-membered cyclic amide) rings is 1. The van der Waals surface area contributed by atoms with Crippen molar-refractivity contribution < 1.29 is 19.5 Å². The zero-order valence-corrected chi connectivity index (χ0v) is 12.0. The predicted octanol–water partition coefficient (Wildman–Crippen LogP) is -2.10. The van der Waals surface area contributed by atoms with Crippen LogP contribution in [-0.2, 0) is 20.8 Å². The number of thioether (sulfide) groups is 1. The summed E-state index contributed by atoms with van der Waals surface area (Å²) in [5, 5.41) is 18.4. The average Bonchev–Trinajstić information content (AvgIpc) is 2.88. The van der Waals surface area contributed by atoms with Gasteiger partial charge in [-0.15, -0.1) is 16.9 Å². The monoisotopic (exact) mass is 324 g/mol. The molecule has 0 saturated carbocycles. The van der Waals surface area contributed by atoms with Crippen LogP contribution in [0.15, 0.2) is 18.0 Å². The first-order chi connectivity index (χ1) is 10.5. The Labute approximate surface area is 128 Å². The van der Waals surface area contributed by atoms with Crippen molar-refractivity contribution in [2.75, 3.05) is 11.6 Å². The van der Waals surface area contributed by atoms with Gasteiger partial charge in [-0.25, -0.2) is 4.79 Å². The van der Waals surface area contributed by atoms with Gasteiger partial charge in [-0.2, -0.15) is 4.79 Å². The van der Waals surface area contributed by atoms with Crippen LogP contribution in [0.2, 0.25) is 0 Å². The molecular weight excluding hydrogens is 312 g/mol. The minimum absolute atomic E-state index is 0.0367. The summed E-state index contributed by atoms with van der Waals surface area (Å²) in [5.41, 5.74) is 0.344. The molecule has 0 aromatic carbocycles. The second kappa shape index (κ2) is 5.33. The van der Waals surface area contributed by atoms with Gasteiger partial charge >= 0.3 is 5.97 Å². The van der Waals surface area contributed by atoms with E-state index in [4.69, 9.17) is 10.9 Å². The largest absolute Gasteiger partial charge is 0.477 e. The first-order valence-electron chi connectivity index (χ1n) is 6.31. The molecule has 10 nitrogen and oxygen atoms in total. The van der Waals surface area contributed by atoms with E-state index < -0.39 is 29.2 Å². The average molecular weight is 324 g/mol. The maximum Gasteiger partial charge on any atom is 0.352 e. The molecule has 0 bridgehead atoms. The van der Waals surface area contributed by atoms with Crippen LogP contribution in [0.1, 0.15) is 5.69 Å². The summed E-state index contributed by atoms with van der Waals surface area (Å²) in [5.74, 6) is 3.83. The Bertz CT molecular complexity index is 686. The lowest BCUT2D eigenvalue weighted by Gasteiger charge is -2.48. The number of carbonyl (C=O) groups is 3. The van der Waals surface area contributed by atoms with Gasteiger partial charge in [0.05, 0.1) is 18.3 Å². The molecule has 3 rings (SSSR count). The van der Waals surface area contributed by atoms with Crippen molar-refractivity contribution >= 4 is 29.5 Å². The molecule has 0 spiro atoms. The van der Waals surface area contributed by atoms with Crippen LogP contribution in [0.4, 0.5) is 0 Å². The first kappa shape index (κ1) is 14.4. The SMILES string of the molecule is Nn1cc(CC(=O)N[C@@H]2C(=O)N3C(C(=O)O)=CCS[C@H]23)nn1. The summed E-state index contributed by atoms with van der Waals surface area (Å²) >= 11 is 1.40. The Morgan fingerprint density at radius 2 is 2.32 bits per heavy atom. The first-order valence-corrected chi connectivity index (χ1v) is 7.36. The standard InChI is InChI=1S/C11H12N6O4S/c12-16-4-5(14-15-16)3-7(18)13-8-9(19)17-6(11(20)21)1-2-22-10(8)17/h1,4,8,10H,2-3,12H2,(H,13,18)(H,20,21)/t8-,10-/m1/s1. The number of aliphatic carboxylic acids is 1. The molecule has 1 aromatic heterocycles. The molecule has 0 unspecified atom stereocenters. The van der Waals surface area contributed by atoms with E-state index in [1.54, 1.807) is 0 Å². The molecule has 2 aliphatic heterocycles. The van der Waals surface area contributed by atoms with E-state index in [1.807, 2.05) is 0 Å². The molecule has 22 heavy (non-hydrogen) atoms. The van der Waals surface area contributed by atoms with Gasteiger partial charge in [-0.1, -0.05) is 0 Å². The molecule has 1 fully saturated rings. The lowest BCUT2D eigenvalue weighted by Crippen LogP contribution is -2.70. The van der Waals surface area contributed by atoms with Crippen molar-refractivity contribution in [1.29, 1.82) is 0 Å². The molecule has 116 valence electrons. The van der Waals surface area contributed by atoms with E-state index in [-0.39, 0.29) is 12.1 Å². The number of nitrogens with one attached hydrogen (secondary N) is 1. The van der Waals surface area contributed by atoms with Crippen molar-refractivity contribution in [3.63, 3.8) is 0 Å². The predicted molar refractivity (Wildman–Crippen MR) is 74.6 cm³/mol. The summed E-state index contributed by atoms with van der Waals surface area (Å²) in [6.07, 6.45) is 2.83. The minimum atomic E-state index is -1.15. The Balaban J connectivity index is 1.63. The van der Waals surface area contributed by atoms with E-state index in [1.165, 1.54) is 28.9 Å². The smallest absolute Gasteiger partial charge is 0.352 e. The number of nitrogens with two attached hydrogens (primary N) is 1. The van der Waals surface area contributed by atoms with E-state index in [9.17, 15) is 14.4 Å². The molecule has 4 N–H and O–H groups in total. The molecule has 3 heterocycles. The third kappa shape index (κ3) is 2.39. The van der Waals surface area contributed by atoms with Crippen LogP contribution >= 0.6 is 11.8 Å². The molecular formula is C11H12N6O4S. The highest BCUT2D eigenvalue weighted by Crippen LogP contribution is 2.37. The van der Waals surface area contributed by atoms with Crippen LogP contribution in [0, 0.1) is 0 Å². The molecule has 2 atom stereocenters. The molecule has 1 saturated heterocycles. The van der Waals surface area contributed by atoms with Gasteiger partial charge in [-0.3, -0.25) is 14.5 Å².